The smallest absolute Gasteiger partial charge is 0.248 e. The van der Waals surface area contributed by atoms with Crippen LogP contribution in [-0.2, 0) is 4.79 Å². The third-order valence-electron chi connectivity index (χ3n) is 3.86. The molecule has 4 nitrogen and oxygen atoms in total. The highest BCUT2D eigenvalue weighted by molar-refractivity contribution is 5.77. The van der Waals surface area contributed by atoms with Crippen molar-refractivity contribution in [2.24, 2.45) is 0 Å². The molecule has 2 fully saturated rings. The topological polar surface area (TPSA) is 43.8 Å². The summed E-state index contributed by atoms with van der Waals surface area (Å²) in [5.74, 6) is -0.114. The Bertz CT molecular complexity index is 231. The minimum Gasteiger partial charge on any atom is -0.387 e. The molecule has 1 N–H and O–H groups in total. The van der Waals surface area contributed by atoms with Gasteiger partial charge < -0.3 is 14.9 Å². The molecule has 2 aliphatic rings. The van der Waals surface area contributed by atoms with E-state index in [-0.39, 0.29) is 12.5 Å². The van der Waals surface area contributed by atoms with Gasteiger partial charge in [-0.15, -0.1) is 0 Å². The fraction of sp³-hybridized carbons (Fsp3) is 0.917. The summed E-state index contributed by atoms with van der Waals surface area (Å²) in [5, 5.41) is 8.80. The third-order valence-corrected chi connectivity index (χ3v) is 3.86. The van der Waals surface area contributed by atoms with E-state index in [0.717, 1.165) is 25.9 Å². The molecule has 2 saturated heterocycles. The number of aliphatic hydroxyl groups is 1. The van der Waals surface area contributed by atoms with Crippen molar-refractivity contribution >= 4 is 5.91 Å². The molecule has 2 rings (SSSR count). The maximum Gasteiger partial charge on any atom is 0.248 e. The molecule has 0 radical (unpaired) electrons. The molecule has 4 heteroatoms. The van der Waals surface area contributed by atoms with Crippen LogP contribution in [0.3, 0.4) is 0 Å². The van der Waals surface area contributed by atoms with Gasteiger partial charge in [-0.1, -0.05) is 6.42 Å². The first kappa shape index (κ1) is 11.9. The van der Waals surface area contributed by atoms with Crippen molar-refractivity contribution < 1.29 is 9.90 Å². The summed E-state index contributed by atoms with van der Waals surface area (Å²) in [4.78, 5) is 15.7. The molecule has 1 amide bonds. The summed E-state index contributed by atoms with van der Waals surface area (Å²) in [6, 6.07) is 0.669. The van der Waals surface area contributed by atoms with Gasteiger partial charge in [0.25, 0.3) is 0 Å². The van der Waals surface area contributed by atoms with Crippen LogP contribution in [0.4, 0.5) is 0 Å². The van der Waals surface area contributed by atoms with Gasteiger partial charge in [0.05, 0.1) is 0 Å². The molecule has 16 heavy (non-hydrogen) atoms. The van der Waals surface area contributed by atoms with Crippen molar-refractivity contribution in [2.45, 2.75) is 38.1 Å². The Kier molecular flexibility index (Phi) is 4.18. The second-order valence-corrected chi connectivity index (χ2v) is 4.87. The monoisotopic (exact) mass is 226 g/mol. The first-order valence-electron chi connectivity index (χ1n) is 6.44. The predicted molar refractivity (Wildman–Crippen MR) is 62.1 cm³/mol. The minimum atomic E-state index is -0.339. The summed E-state index contributed by atoms with van der Waals surface area (Å²) >= 11 is 0. The van der Waals surface area contributed by atoms with E-state index in [2.05, 4.69) is 4.90 Å². The molecule has 0 aromatic heterocycles. The summed E-state index contributed by atoms with van der Waals surface area (Å²) in [6.45, 7) is 3.77. The van der Waals surface area contributed by atoms with Gasteiger partial charge in [0.2, 0.25) is 5.91 Å². The van der Waals surface area contributed by atoms with E-state index in [4.69, 9.17) is 5.11 Å². The number of amides is 1. The second kappa shape index (κ2) is 5.64. The van der Waals surface area contributed by atoms with E-state index in [1.54, 1.807) is 4.90 Å². The summed E-state index contributed by atoms with van der Waals surface area (Å²) in [7, 11) is 0. The van der Waals surface area contributed by atoms with Crippen LogP contribution in [0, 0.1) is 0 Å². The molecule has 0 aromatic carbocycles. The number of hydrogen-bond donors (Lipinski definition) is 1. The van der Waals surface area contributed by atoms with Crippen molar-refractivity contribution in [3.8, 4) is 0 Å². The SMILES string of the molecule is O=C(CO)N1CCC(N2CCCCC2)CC1. The lowest BCUT2D eigenvalue weighted by Crippen LogP contribution is -2.48. The van der Waals surface area contributed by atoms with E-state index >= 15 is 0 Å². The lowest BCUT2D eigenvalue weighted by atomic mass is 10.00. The highest BCUT2D eigenvalue weighted by atomic mass is 16.3. The molecular weight excluding hydrogens is 204 g/mol. The van der Waals surface area contributed by atoms with Crippen LogP contribution in [-0.4, -0.2) is 59.6 Å². The summed E-state index contributed by atoms with van der Waals surface area (Å²) < 4.78 is 0. The van der Waals surface area contributed by atoms with Crippen molar-refractivity contribution in [1.82, 2.24) is 9.80 Å². The average molecular weight is 226 g/mol. The van der Waals surface area contributed by atoms with Crippen LogP contribution >= 0.6 is 0 Å². The number of rotatable bonds is 2. The second-order valence-electron chi connectivity index (χ2n) is 4.87. The Balaban J connectivity index is 1.78. The van der Waals surface area contributed by atoms with Crippen LogP contribution < -0.4 is 0 Å². The van der Waals surface area contributed by atoms with E-state index in [9.17, 15) is 4.79 Å². The van der Waals surface area contributed by atoms with Crippen LogP contribution in [0.1, 0.15) is 32.1 Å². The first-order valence-corrected chi connectivity index (χ1v) is 6.44. The zero-order chi connectivity index (χ0) is 11.4. The van der Waals surface area contributed by atoms with Crippen molar-refractivity contribution in [3.63, 3.8) is 0 Å². The Morgan fingerprint density at radius 3 is 2.25 bits per heavy atom. The molecular formula is C12H22N2O2. The Morgan fingerprint density at radius 2 is 1.69 bits per heavy atom. The molecule has 0 unspecified atom stereocenters. The number of carbonyl (C=O) groups is 1. The lowest BCUT2D eigenvalue weighted by Gasteiger charge is -2.40. The molecule has 2 heterocycles. The van der Waals surface area contributed by atoms with Gasteiger partial charge in [-0.3, -0.25) is 4.79 Å². The maximum absolute atomic E-state index is 11.3. The molecule has 0 aliphatic carbocycles. The quantitative estimate of drug-likeness (QED) is 0.744. The Hall–Kier alpha value is -0.610. The average Bonchev–Trinajstić information content (AvgIpc) is 2.39. The summed E-state index contributed by atoms with van der Waals surface area (Å²) in [5.41, 5.74) is 0. The van der Waals surface area contributed by atoms with E-state index < -0.39 is 0 Å². The van der Waals surface area contributed by atoms with Gasteiger partial charge in [0.1, 0.15) is 6.61 Å². The van der Waals surface area contributed by atoms with Gasteiger partial charge in [0.15, 0.2) is 0 Å². The fourth-order valence-corrected chi connectivity index (χ4v) is 2.86. The molecule has 2 aliphatic heterocycles. The van der Waals surface area contributed by atoms with Crippen LogP contribution in [0.5, 0.6) is 0 Å². The van der Waals surface area contributed by atoms with E-state index in [1.165, 1.54) is 32.4 Å². The van der Waals surface area contributed by atoms with Crippen molar-refractivity contribution in [1.29, 1.82) is 0 Å². The minimum absolute atomic E-state index is 0.114. The van der Waals surface area contributed by atoms with Gasteiger partial charge in [-0.05, 0) is 38.8 Å². The van der Waals surface area contributed by atoms with Crippen molar-refractivity contribution in [2.75, 3.05) is 32.8 Å². The van der Waals surface area contributed by atoms with E-state index in [0.29, 0.717) is 6.04 Å². The van der Waals surface area contributed by atoms with Crippen molar-refractivity contribution in [3.05, 3.63) is 0 Å². The number of carbonyl (C=O) groups excluding carboxylic acids is 1. The number of nitrogens with zero attached hydrogens (tertiary/aromatic N) is 2. The number of likely N-dealkylation sites (tertiary alicyclic amines) is 2. The maximum atomic E-state index is 11.3. The molecule has 0 bridgehead atoms. The zero-order valence-corrected chi connectivity index (χ0v) is 9.90. The molecule has 0 spiro atoms. The standard InChI is InChI=1S/C12H22N2O2/c15-10-12(16)14-8-4-11(5-9-14)13-6-2-1-3-7-13/h11,15H,1-10H2. The number of aliphatic hydroxyl groups excluding tert-OH is 1. The summed E-state index contributed by atoms with van der Waals surface area (Å²) in [6.07, 6.45) is 6.18. The highest BCUT2D eigenvalue weighted by Crippen LogP contribution is 2.20. The first-order chi connectivity index (χ1) is 7.81. The Labute approximate surface area is 97.2 Å². The molecule has 92 valence electrons. The molecule has 0 aromatic rings. The molecule has 0 saturated carbocycles. The lowest BCUT2D eigenvalue weighted by molar-refractivity contribution is -0.135. The van der Waals surface area contributed by atoms with Crippen LogP contribution in [0.15, 0.2) is 0 Å². The fourth-order valence-electron chi connectivity index (χ4n) is 2.86. The van der Waals surface area contributed by atoms with Gasteiger partial charge in [-0.25, -0.2) is 0 Å². The normalized spacial score (nSPS) is 24.7. The van der Waals surface area contributed by atoms with Gasteiger partial charge in [-0.2, -0.15) is 0 Å². The largest absolute Gasteiger partial charge is 0.387 e. The Morgan fingerprint density at radius 1 is 1.06 bits per heavy atom. The van der Waals surface area contributed by atoms with Gasteiger partial charge in [0, 0.05) is 19.1 Å². The van der Waals surface area contributed by atoms with Crippen LogP contribution in [0.2, 0.25) is 0 Å². The van der Waals surface area contributed by atoms with Crippen LogP contribution in [0.25, 0.3) is 0 Å². The molecule has 0 atom stereocenters. The van der Waals surface area contributed by atoms with Gasteiger partial charge >= 0.3 is 0 Å². The zero-order valence-electron chi connectivity index (χ0n) is 9.90. The highest BCUT2D eigenvalue weighted by Gasteiger charge is 2.26. The number of piperidine rings is 2. The third kappa shape index (κ3) is 2.74. The van der Waals surface area contributed by atoms with E-state index in [1.807, 2.05) is 0 Å². The number of hydrogen-bond acceptors (Lipinski definition) is 3. The predicted octanol–water partition coefficient (Wildman–Crippen LogP) is 0.456.